The maximum atomic E-state index is 13.1. The maximum absolute atomic E-state index is 13.1. The molecule has 0 aliphatic heterocycles. The Morgan fingerprint density at radius 2 is 1.38 bits per heavy atom. The molecule has 0 aliphatic carbocycles. The molecule has 3 rings (SSSR count). The summed E-state index contributed by atoms with van der Waals surface area (Å²) >= 11 is 0. The van der Waals surface area contributed by atoms with E-state index in [1.54, 1.807) is 18.2 Å². The zero-order valence-corrected chi connectivity index (χ0v) is 15.2. The largest absolute Gasteiger partial charge is 0.378 e. The van der Waals surface area contributed by atoms with Crippen molar-refractivity contribution in [2.24, 2.45) is 0 Å². The van der Waals surface area contributed by atoms with Gasteiger partial charge in [-0.2, -0.15) is 0 Å². The van der Waals surface area contributed by atoms with E-state index >= 15 is 0 Å². The highest BCUT2D eigenvalue weighted by Gasteiger charge is 2.17. The molecule has 26 heavy (non-hydrogen) atoms. The summed E-state index contributed by atoms with van der Waals surface area (Å²) in [7, 11) is 3.90. The molecule has 0 aromatic heterocycles. The number of ketones is 2. The van der Waals surface area contributed by atoms with Crippen molar-refractivity contribution < 1.29 is 9.59 Å². The van der Waals surface area contributed by atoms with E-state index in [2.05, 4.69) is 0 Å². The van der Waals surface area contributed by atoms with Crippen LogP contribution in [0, 0.1) is 0 Å². The van der Waals surface area contributed by atoms with Gasteiger partial charge in [0.15, 0.2) is 11.6 Å². The van der Waals surface area contributed by atoms with Gasteiger partial charge in [-0.15, -0.1) is 0 Å². The summed E-state index contributed by atoms with van der Waals surface area (Å²) in [6.07, 6.45) is 0. The Bertz CT molecular complexity index is 942. The number of rotatable bonds is 5. The third kappa shape index (κ3) is 3.57. The standard InChI is InChI=1S/C23H21NO2/c1-16(25)21-14-11-19(17-7-5-4-6-8-17)15-22(21)23(26)18-9-12-20(13-10-18)24(2)3/h4-15H,1-3H3. The van der Waals surface area contributed by atoms with Crippen LogP contribution in [0.25, 0.3) is 11.1 Å². The third-order valence-electron chi connectivity index (χ3n) is 4.40. The van der Waals surface area contributed by atoms with Gasteiger partial charge in [0.2, 0.25) is 0 Å². The lowest BCUT2D eigenvalue weighted by atomic mass is 9.92. The number of hydrogen-bond acceptors (Lipinski definition) is 3. The van der Waals surface area contributed by atoms with Gasteiger partial charge in [-0.1, -0.05) is 42.5 Å². The Balaban J connectivity index is 2.06. The van der Waals surface area contributed by atoms with E-state index in [4.69, 9.17) is 0 Å². The van der Waals surface area contributed by atoms with Crippen LogP contribution >= 0.6 is 0 Å². The average molecular weight is 343 g/mol. The molecule has 0 aliphatic rings. The van der Waals surface area contributed by atoms with Crippen LogP contribution in [0.15, 0.2) is 72.8 Å². The lowest BCUT2D eigenvalue weighted by molar-refractivity contribution is 0.0990. The smallest absolute Gasteiger partial charge is 0.193 e. The molecular weight excluding hydrogens is 322 g/mol. The first-order chi connectivity index (χ1) is 12.5. The minimum Gasteiger partial charge on any atom is -0.378 e. The molecule has 3 aromatic rings. The van der Waals surface area contributed by atoms with Crippen molar-refractivity contribution >= 4 is 17.3 Å². The molecule has 0 amide bonds. The van der Waals surface area contributed by atoms with Crippen LogP contribution in [0.3, 0.4) is 0 Å². The second kappa shape index (κ2) is 7.36. The van der Waals surface area contributed by atoms with Crippen molar-refractivity contribution in [3.8, 4) is 11.1 Å². The molecule has 3 heteroatoms. The summed E-state index contributed by atoms with van der Waals surface area (Å²) < 4.78 is 0. The van der Waals surface area contributed by atoms with E-state index in [0.29, 0.717) is 16.7 Å². The molecule has 130 valence electrons. The summed E-state index contributed by atoms with van der Waals surface area (Å²) in [4.78, 5) is 27.1. The van der Waals surface area contributed by atoms with Crippen LogP contribution in [-0.2, 0) is 0 Å². The van der Waals surface area contributed by atoms with Crippen molar-refractivity contribution in [1.29, 1.82) is 0 Å². The van der Waals surface area contributed by atoms with Crippen LogP contribution in [0.4, 0.5) is 5.69 Å². The fourth-order valence-corrected chi connectivity index (χ4v) is 2.92. The van der Waals surface area contributed by atoms with Gasteiger partial charge in [0.25, 0.3) is 0 Å². The van der Waals surface area contributed by atoms with Gasteiger partial charge in [0, 0.05) is 36.5 Å². The highest BCUT2D eigenvalue weighted by Crippen LogP contribution is 2.25. The summed E-state index contributed by atoms with van der Waals surface area (Å²) in [5.74, 6) is -0.254. The predicted molar refractivity (Wildman–Crippen MR) is 106 cm³/mol. The van der Waals surface area contributed by atoms with Crippen molar-refractivity contribution in [2.75, 3.05) is 19.0 Å². The molecule has 0 radical (unpaired) electrons. The fraction of sp³-hybridized carbons (Fsp3) is 0.130. The Morgan fingerprint density at radius 1 is 0.731 bits per heavy atom. The number of benzene rings is 3. The van der Waals surface area contributed by atoms with E-state index in [9.17, 15) is 9.59 Å². The Kier molecular flexibility index (Phi) is 4.99. The third-order valence-corrected chi connectivity index (χ3v) is 4.40. The lowest BCUT2D eigenvalue weighted by Gasteiger charge is -2.13. The molecule has 3 nitrogen and oxygen atoms in total. The van der Waals surface area contributed by atoms with Gasteiger partial charge in [-0.3, -0.25) is 9.59 Å². The Labute approximate surface area is 153 Å². The molecule has 0 heterocycles. The predicted octanol–water partition coefficient (Wildman–Crippen LogP) is 4.85. The van der Waals surface area contributed by atoms with E-state index in [1.807, 2.05) is 73.6 Å². The SMILES string of the molecule is CC(=O)c1ccc(-c2ccccc2)cc1C(=O)c1ccc(N(C)C)cc1. The van der Waals surface area contributed by atoms with Gasteiger partial charge in [-0.05, 0) is 48.4 Å². The number of carbonyl (C=O) groups excluding carboxylic acids is 2. The first-order valence-electron chi connectivity index (χ1n) is 8.50. The second-order valence-corrected chi connectivity index (χ2v) is 6.45. The molecule has 0 saturated carbocycles. The average Bonchev–Trinajstić information content (AvgIpc) is 2.67. The molecule has 0 spiro atoms. The number of nitrogens with zero attached hydrogens (tertiary/aromatic N) is 1. The highest BCUT2D eigenvalue weighted by molar-refractivity contribution is 6.16. The Morgan fingerprint density at radius 3 is 1.96 bits per heavy atom. The zero-order valence-electron chi connectivity index (χ0n) is 15.2. The molecule has 3 aromatic carbocycles. The number of carbonyl (C=O) groups is 2. The van der Waals surface area contributed by atoms with E-state index < -0.39 is 0 Å². The first kappa shape index (κ1) is 17.6. The minimum atomic E-state index is -0.140. The van der Waals surface area contributed by atoms with Crippen LogP contribution in [-0.4, -0.2) is 25.7 Å². The minimum absolute atomic E-state index is 0.113. The molecular formula is C23H21NO2. The van der Waals surface area contributed by atoms with Gasteiger partial charge in [0.1, 0.15) is 0 Å². The summed E-state index contributed by atoms with van der Waals surface area (Å²) in [5.41, 5.74) is 4.42. The molecule has 0 unspecified atom stereocenters. The normalized spacial score (nSPS) is 10.4. The van der Waals surface area contributed by atoms with Gasteiger partial charge in [-0.25, -0.2) is 0 Å². The van der Waals surface area contributed by atoms with E-state index in [0.717, 1.165) is 16.8 Å². The van der Waals surface area contributed by atoms with E-state index in [1.165, 1.54) is 6.92 Å². The monoisotopic (exact) mass is 343 g/mol. The summed E-state index contributed by atoms with van der Waals surface area (Å²) in [5, 5.41) is 0. The zero-order chi connectivity index (χ0) is 18.7. The Hall–Kier alpha value is -3.20. The molecule has 0 bridgehead atoms. The molecule has 0 fully saturated rings. The number of hydrogen-bond donors (Lipinski definition) is 0. The van der Waals surface area contributed by atoms with Crippen LogP contribution in [0.1, 0.15) is 33.2 Å². The summed E-state index contributed by atoms with van der Waals surface area (Å²) in [6.45, 7) is 1.49. The quantitative estimate of drug-likeness (QED) is 0.621. The number of anilines is 1. The molecule has 0 N–H and O–H groups in total. The summed E-state index contributed by atoms with van der Waals surface area (Å²) in [6, 6.07) is 22.7. The van der Waals surface area contributed by atoms with Crippen LogP contribution in [0.5, 0.6) is 0 Å². The van der Waals surface area contributed by atoms with Gasteiger partial charge < -0.3 is 4.90 Å². The van der Waals surface area contributed by atoms with Crippen molar-refractivity contribution in [2.45, 2.75) is 6.92 Å². The van der Waals surface area contributed by atoms with Crippen molar-refractivity contribution in [1.82, 2.24) is 0 Å². The van der Waals surface area contributed by atoms with Crippen molar-refractivity contribution in [3.63, 3.8) is 0 Å². The van der Waals surface area contributed by atoms with Crippen LogP contribution < -0.4 is 4.90 Å². The molecule has 0 saturated heterocycles. The molecule has 0 atom stereocenters. The van der Waals surface area contributed by atoms with Crippen molar-refractivity contribution in [3.05, 3.63) is 89.5 Å². The van der Waals surface area contributed by atoms with E-state index in [-0.39, 0.29) is 11.6 Å². The lowest BCUT2D eigenvalue weighted by Crippen LogP contribution is -2.11. The van der Waals surface area contributed by atoms with Gasteiger partial charge in [0.05, 0.1) is 0 Å². The van der Waals surface area contributed by atoms with Crippen LogP contribution in [0.2, 0.25) is 0 Å². The van der Waals surface area contributed by atoms with Gasteiger partial charge >= 0.3 is 0 Å². The number of Topliss-reactive ketones (excluding diaryl/α,β-unsaturated/α-hetero) is 1. The fourth-order valence-electron chi connectivity index (χ4n) is 2.92. The highest BCUT2D eigenvalue weighted by atomic mass is 16.1. The topological polar surface area (TPSA) is 37.4 Å². The second-order valence-electron chi connectivity index (χ2n) is 6.45. The maximum Gasteiger partial charge on any atom is 0.193 e. The first-order valence-corrected chi connectivity index (χ1v) is 8.50.